The molecule has 0 aliphatic rings. The summed E-state index contributed by atoms with van der Waals surface area (Å²) in [5.74, 6) is 0.839. The third kappa shape index (κ3) is 3.49. The monoisotopic (exact) mass is 198 g/mol. The third-order valence-corrected chi connectivity index (χ3v) is 1.97. The van der Waals surface area contributed by atoms with Crippen molar-refractivity contribution < 1.29 is 9.15 Å². The van der Waals surface area contributed by atoms with Gasteiger partial charge in [0.15, 0.2) is 0 Å². The highest BCUT2D eigenvalue weighted by molar-refractivity contribution is 5.15. The van der Waals surface area contributed by atoms with Gasteiger partial charge in [0.1, 0.15) is 12.4 Å². The Bertz CT molecular complexity index is 258. The molecule has 4 nitrogen and oxygen atoms in total. The molecule has 0 aromatic carbocycles. The van der Waals surface area contributed by atoms with Gasteiger partial charge in [-0.3, -0.25) is 0 Å². The van der Waals surface area contributed by atoms with E-state index in [0.29, 0.717) is 19.8 Å². The van der Waals surface area contributed by atoms with E-state index in [9.17, 15) is 0 Å². The van der Waals surface area contributed by atoms with Gasteiger partial charge in [-0.1, -0.05) is 0 Å². The van der Waals surface area contributed by atoms with Gasteiger partial charge < -0.3 is 19.8 Å². The maximum absolute atomic E-state index is 5.52. The topological polar surface area (TPSA) is 51.6 Å². The summed E-state index contributed by atoms with van der Waals surface area (Å²) >= 11 is 0. The predicted octanol–water partition coefficient (Wildman–Crippen LogP) is 0.816. The molecule has 1 rings (SSSR count). The van der Waals surface area contributed by atoms with Gasteiger partial charge in [0.05, 0.1) is 12.9 Å². The minimum Gasteiger partial charge on any atom is -0.467 e. The van der Waals surface area contributed by atoms with Crippen molar-refractivity contribution in [3.05, 3.63) is 23.7 Å². The lowest BCUT2D eigenvalue weighted by Crippen LogP contribution is -2.18. The van der Waals surface area contributed by atoms with Crippen LogP contribution in [0.25, 0.3) is 0 Å². The minimum atomic E-state index is 0.503. The molecule has 2 N–H and O–H groups in total. The third-order valence-electron chi connectivity index (χ3n) is 1.97. The smallest absolute Gasteiger partial charge is 0.133 e. The second-order valence-corrected chi connectivity index (χ2v) is 3.43. The fraction of sp³-hybridized carbons (Fsp3) is 0.600. The van der Waals surface area contributed by atoms with E-state index in [4.69, 9.17) is 14.9 Å². The van der Waals surface area contributed by atoms with Gasteiger partial charge in [0, 0.05) is 18.7 Å². The lowest BCUT2D eigenvalue weighted by atomic mass is 10.2. The molecule has 0 atom stereocenters. The molecule has 1 aromatic heterocycles. The second-order valence-electron chi connectivity index (χ2n) is 3.43. The molecule has 4 heteroatoms. The van der Waals surface area contributed by atoms with E-state index in [1.807, 2.05) is 20.2 Å². The molecule has 1 aromatic rings. The Morgan fingerprint density at radius 2 is 2.29 bits per heavy atom. The van der Waals surface area contributed by atoms with E-state index in [1.165, 1.54) is 0 Å². The van der Waals surface area contributed by atoms with Crippen LogP contribution in [-0.4, -0.2) is 32.1 Å². The van der Waals surface area contributed by atoms with Crippen molar-refractivity contribution in [2.45, 2.75) is 13.2 Å². The number of hydrogen-bond donors (Lipinski definition) is 1. The molecule has 0 unspecified atom stereocenters. The molecule has 0 spiro atoms. The van der Waals surface area contributed by atoms with Gasteiger partial charge >= 0.3 is 0 Å². The highest BCUT2D eigenvalue weighted by Gasteiger charge is 2.04. The van der Waals surface area contributed by atoms with Crippen LogP contribution in [0.1, 0.15) is 11.3 Å². The second kappa shape index (κ2) is 5.80. The maximum Gasteiger partial charge on any atom is 0.133 e. The average Bonchev–Trinajstić information content (AvgIpc) is 2.59. The Labute approximate surface area is 84.6 Å². The van der Waals surface area contributed by atoms with Gasteiger partial charge in [-0.25, -0.2) is 0 Å². The van der Waals surface area contributed by atoms with Gasteiger partial charge in [-0.2, -0.15) is 0 Å². The van der Waals surface area contributed by atoms with Crippen LogP contribution in [0, 0.1) is 0 Å². The van der Waals surface area contributed by atoms with Gasteiger partial charge in [-0.05, 0) is 20.2 Å². The lowest BCUT2D eigenvalue weighted by molar-refractivity contribution is 0.0920. The van der Waals surface area contributed by atoms with E-state index in [0.717, 1.165) is 17.9 Å². The van der Waals surface area contributed by atoms with Crippen molar-refractivity contribution in [1.82, 2.24) is 4.90 Å². The van der Waals surface area contributed by atoms with Crippen molar-refractivity contribution in [3.8, 4) is 0 Å². The van der Waals surface area contributed by atoms with Crippen LogP contribution in [-0.2, 0) is 17.9 Å². The Kier molecular flexibility index (Phi) is 4.65. The Morgan fingerprint density at radius 1 is 1.50 bits per heavy atom. The zero-order chi connectivity index (χ0) is 10.4. The van der Waals surface area contributed by atoms with Gasteiger partial charge in [-0.15, -0.1) is 0 Å². The van der Waals surface area contributed by atoms with Crippen molar-refractivity contribution in [2.75, 3.05) is 27.2 Å². The highest BCUT2D eigenvalue weighted by atomic mass is 16.5. The quantitative estimate of drug-likeness (QED) is 0.687. The zero-order valence-corrected chi connectivity index (χ0v) is 8.82. The van der Waals surface area contributed by atoms with Gasteiger partial charge in [0.25, 0.3) is 0 Å². The van der Waals surface area contributed by atoms with E-state index < -0.39 is 0 Å². The van der Waals surface area contributed by atoms with Crippen molar-refractivity contribution in [3.63, 3.8) is 0 Å². The van der Waals surface area contributed by atoms with E-state index >= 15 is 0 Å². The molecule has 0 aliphatic carbocycles. The number of furan rings is 1. The van der Waals surface area contributed by atoms with Crippen molar-refractivity contribution in [2.24, 2.45) is 5.73 Å². The Balaban J connectivity index is 2.24. The van der Waals surface area contributed by atoms with Crippen LogP contribution >= 0.6 is 0 Å². The predicted molar refractivity (Wildman–Crippen MR) is 54.8 cm³/mol. The number of hydrogen-bond acceptors (Lipinski definition) is 4. The summed E-state index contributed by atoms with van der Waals surface area (Å²) < 4.78 is 10.7. The average molecular weight is 198 g/mol. The van der Waals surface area contributed by atoms with E-state index in [2.05, 4.69) is 4.90 Å². The van der Waals surface area contributed by atoms with Crippen molar-refractivity contribution >= 4 is 0 Å². The molecule has 0 radical (unpaired) electrons. The molecule has 0 saturated heterocycles. The number of nitrogens with two attached hydrogens (primary N) is 1. The first kappa shape index (κ1) is 11.2. The van der Waals surface area contributed by atoms with E-state index in [1.54, 1.807) is 6.26 Å². The van der Waals surface area contributed by atoms with Crippen LogP contribution in [0.15, 0.2) is 16.7 Å². The molecule has 0 saturated carbocycles. The first-order valence-electron chi connectivity index (χ1n) is 4.72. The molecule has 0 fully saturated rings. The molecular formula is C10H18N2O2. The van der Waals surface area contributed by atoms with Crippen LogP contribution in [0.3, 0.4) is 0 Å². The fourth-order valence-corrected chi connectivity index (χ4v) is 1.09. The maximum atomic E-state index is 5.52. The Morgan fingerprint density at radius 3 is 2.93 bits per heavy atom. The largest absolute Gasteiger partial charge is 0.467 e. The molecule has 0 bridgehead atoms. The standard InChI is InChI=1S/C10H18N2O2/c1-12(2)4-6-13-8-10-9(7-11)3-5-14-10/h3,5H,4,6-8,11H2,1-2H3. The molecular weight excluding hydrogens is 180 g/mol. The summed E-state index contributed by atoms with van der Waals surface area (Å²) in [6, 6.07) is 1.88. The summed E-state index contributed by atoms with van der Waals surface area (Å²) in [5.41, 5.74) is 6.55. The summed E-state index contributed by atoms with van der Waals surface area (Å²) in [4.78, 5) is 2.08. The summed E-state index contributed by atoms with van der Waals surface area (Å²) in [6.45, 7) is 2.63. The highest BCUT2D eigenvalue weighted by Crippen LogP contribution is 2.10. The first-order chi connectivity index (χ1) is 6.74. The number of nitrogens with zero attached hydrogens (tertiary/aromatic N) is 1. The fourth-order valence-electron chi connectivity index (χ4n) is 1.09. The summed E-state index contributed by atoms with van der Waals surface area (Å²) in [5, 5.41) is 0. The lowest BCUT2D eigenvalue weighted by Gasteiger charge is -2.09. The molecule has 1 heterocycles. The molecule has 0 amide bonds. The van der Waals surface area contributed by atoms with Crippen LogP contribution < -0.4 is 5.73 Å². The van der Waals surface area contributed by atoms with E-state index in [-0.39, 0.29) is 0 Å². The summed E-state index contributed by atoms with van der Waals surface area (Å²) in [7, 11) is 4.03. The van der Waals surface area contributed by atoms with Crippen molar-refractivity contribution in [1.29, 1.82) is 0 Å². The summed E-state index contributed by atoms with van der Waals surface area (Å²) in [6.07, 6.45) is 1.65. The Hall–Kier alpha value is -0.840. The SMILES string of the molecule is CN(C)CCOCc1occc1CN. The molecule has 80 valence electrons. The van der Waals surface area contributed by atoms with Gasteiger partial charge in [0.2, 0.25) is 0 Å². The number of rotatable bonds is 6. The number of ether oxygens (including phenoxy) is 1. The van der Waals surface area contributed by atoms with Crippen LogP contribution in [0.4, 0.5) is 0 Å². The molecule has 14 heavy (non-hydrogen) atoms. The molecule has 0 aliphatic heterocycles. The number of likely N-dealkylation sites (N-methyl/N-ethyl adjacent to an activating group) is 1. The zero-order valence-electron chi connectivity index (χ0n) is 8.82. The van der Waals surface area contributed by atoms with Crippen LogP contribution in [0.5, 0.6) is 0 Å². The first-order valence-corrected chi connectivity index (χ1v) is 4.72. The normalized spacial score (nSPS) is 11.1. The van der Waals surface area contributed by atoms with Crippen LogP contribution in [0.2, 0.25) is 0 Å². The minimum absolute atomic E-state index is 0.503.